The molecule has 0 spiro atoms. The van der Waals surface area contributed by atoms with Gasteiger partial charge in [-0.25, -0.2) is 0 Å². The van der Waals surface area contributed by atoms with E-state index in [9.17, 15) is 9.59 Å². The fourth-order valence-corrected chi connectivity index (χ4v) is 1.70. The van der Waals surface area contributed by atoms with Crippen molar-refractivity contribution in [1.82, 2.24) is 5.32 Å². The van der Waals surface area contributed by atoms with E-state index in [1.165, 1.54) is 7.11 Å². The van der Waals surface area contributed by atoms with Crippen molar-refractivity contribution < 1.29 is 14.3 Å². The zero-order valence-corrected chi connectivity index (χ0v) is 9.53. The van der Waals surface area contributed by atoms with Crippen LogP contribution in [0.15, 0.2) is 12.1 Å². The van der Waals surface area contributed by atoms with Crippen LogP contribution < -0.4 is 21.1 Å². The van der Waals surface area contributed by atoms with Crippen molar-refractivity contribution in [3.05, 3.63) is 17.7 Å². The number of anilines is 2. The lowest BCUT2D eigenvalue weighted by Crippen LogP contribution is -2.38. The molecule has 1 unspecified atom stereocenters. The van der Waals surface area contributed by atoms with Crippen LogP contribution in [0.1, 0.15) is 17.3 Å². The van der Waals surface area contributed by atoms with Gasteiger partial charge in [0.05, 0.1) is 18.5 Å². The number of rotatable bonds is 1. The highest BCUT2D eigenvalue weighted by Gasteiger charge is 2.28. The molecule has 1 aliphatic heterocycles. The highest BCUT2D eigenvalue weighted by molar-refractivity contribution is 6.13. The van der Waals surface area contributed by atoms with Crippen molar-refractivity contribution in [2.45, 2.75) is 13.0 Å². The van der Waals surface area contributed by atoms with Crippen molar-refractivity contribution in [1.29, 1.82) is 0 Å². The number of hydrogen-bond acceptors (Lipinski definition) is 4. The van der Waals surface area contributed by atoms with Gasteiger partial charge in [0.15, 0.2) is 0 Å². The van der Waals surface area contributed by atoms with Gasteiger partial charge in [-0.05, 0) is 19.1 Å². The maximum Gasteiger partial charge on any atom is 0.257 e. The number of nitrogen functional groups attached to an aromatic ring is 1. The molecule has 2 amide bonds. The Morgan fingerprint density at radius 1 is 1.35 bits per heavy atom. The van der Waals surface area contributed by atoms with Crippen LogP contribution in [0.2, 0.25) is 0 Å². The zero-order valence-electron chi connectivity index (χ0n) is 9.53. The lowest BCUT2D eigenvalue weighted by Gasteiger charge is -2.12. The van der Waals surface area contributed by atoms with Gasteiger partial charge in [0.2, 0.25) is 5.91 Å². The maximum absolute atomic E-state index is 12.0. The predicted octanol–water partition coefficient (Wildman–Crippen LogP) is 0.348. The minimum absolute atomic E-state index is 0.255. The lowest BCUT2D eigenvalue weighted by atomic mass is 10.1. The van der Waals surface area contributed by atoms with Gasteiger partial charge in [0, 0.05) is 0 Å². The quantitative estimate of drug-likeness (QED) is 0.612. The van der Waals surface area contributed by atoms with E-state index in [0.29, 0.717) is 17.1 Å². The molecule has 90 valence electrons. The van der Waals surface area contributed by atoms with Gasteiger partial charge < -0.3 is 21.1 Å². The Morgan fingerprint density at radius 2 is 2.06 bits per heavy atom. The molecule has 1 atom stereocenters. The number of nitrogens with two attached hydrogens (primary N) is 1. The normalized spacial score (nSPS) is 18.8. The highest BCUT2D eigenvalue weighted by atomic mass is 16.5. The summed E-state index contributed by atoms with van der Waals surface area (Å²) in [5.74, 6) is -0.312. The summed E-state index contributed by atoms with van der Waals surface area (Å²) in [6, 6.07) is 2.57. The molecule has 4 N–H and O–H groups in total. The molecule has 0 saturated carbocycles. The Kier molecular flexibility index (Phi) is 2.63. The molecule has 1 aliphatic rings. The summed E-state index contributed by atoms with van der Waals surface area (Å²) in [4.78, 5) is 23.6. The summed E-state index contributed by atoms with van der Waals surface area (Å²) in [6.07, 6.45) is 0. The molecule has 0 aromatic heterocycles. The Morgan fingerprint density at radius 3 is 2.71 bits per heavy atom. The van der Waals surface area contributed by atoms with Crippen LogP contribution in [0.3, 0.4) is 0 Å². The molecule has 1 aromatic carbocycles. The maximum atomic E-state index is 12.0. The summed E-state index contributed by atoms with van der Waals surface area (Å²) in [7, 11) is 1.45. The van der Waals surface area contributed by atoms with Gasteiger partial charge in [-0.2, -0.15) is 0 Å². The minimum Gasteiger partial charge on any atom is -0.496 e. The molecule has 1 aromatic rings. The van der Waals surface area contributed by atoms with Gasteiger partial charge in [0.25, 0.3) is 5.91 Å². The third kappa shape index (κ3) is 1.77. The monoisotopic (exact) mass is 235 g/mol. The molecule has 6 heteroatoms. The standard InChI is InChI=1S/C11H13N3O3/c1-5-10(15)14-9-6(12)3-4-7(17-2)8(9)11(16)13-5/h3-5H,12H2,1-2H3,(H,13,16)(H,14,15). The largest absolute Gasteiger partial charge is 0.496 e. The number of carbonyl (C=O) groups is 2. The van der Waals surface area contributed by atoms with E-state index in [2.05, 4.69) is 10.6 Å². The van der Waals surface area contributed by atoms with Crippen molar-refractivity contribution in [3.63, 3.8) is 0 Å². The number of hydrogen-bond donors (Lipinski definition) is 3. The summed E-state index contributed by atoms with van der Waals surface area (Å²) < 4.78 is 5.10. The Balaban J connectivity index is 2.64. The van der Waals surface area contributed by atoms with Crippen LogP contribution >= 0.6 is 0 Å². The number of carbonyl (C=O) groups excluding carboxylic acids is 2. The molecular formula is C11H13N3O3. The average molecular weight is 235 g/mol. The van der Waals surface area contributed by atoms with Crippen LogP contribution in [-0.2, 0) is 4.79 Å². The van der Waals surface area contributed by atoms with Crippen LogP contribution in [0.5, 0.6) is 5.75 Å². The topological polar surface area (TPSA) is 93.4 Å². The van der Waals surface area contributed by atoms with Gasteiger partial charge >= 0.3 is 0 Å². The number of benzene rings is 1. The minimum atomic E-state index is -0.612. The molecule has 0 bridgehead atoms. The molecule has 17 heavy (non-hydrogen) atoms. The SMILES string of the molecule is COc1ccc(N)c2c1C(=O)NC(C)C(=O)N2. The zero-order chi connectivity index (χ0) is 12.6. The van der Waals surface area contributed by atoms with E-state index in [-0.39, 0.29) is 17.4 Å². The summed E-state index contributed by atoms with van der Waals surface area (Å²) in [5, 5.41) is 5.18. The molecule has 0 aliphatic carbocycles. The Labute approximate surface area is 98.1 Å². The van der Waals surface area contributed by atoms with Crippen molar-refractivity contribution in [3.8, 4) is 5.75 Å². The Bertz CT molecular complexity index is 499. The molecule has 0 saturated heterocycles. The van der Waals surface area contributed by atoms with Gasteiger partial charge in [0.1, 0.15) is 17.4 Å². The molecule has 1 heterocycles. The summed E-state index contributed by atoms with van der Waals surface area (Å²) >= 11 is 0. The van der Waals surface area contributed by atoms with Crippen LogP contribution in [0.4, 0.5) is 11.4 Å². The second-order valence-corrected chi connectivity index (χ2v) is 3.79. The first kappa shape index (κ1) is 11.3. The van der Waals surface area contributed by atoms with E-state index in [1.54, 1.807) is 19.1 Å². The Hall–Kier alpha value is -2.24. The van der Waals surface area contributed by atoms with Gasteiger partial charge in [-0.15, -0.1) is 0 Å². The lowest BCUT2D eigenvalue weighted by molar-refractivity contribution is -0.117. The van der Waals surface area contributed by atoms with E-state index in [0.717, 1.165) is 0 Å². The van der Waals surface area contributed by atoms with Crippen molar-refractivity contribution >= 4 is 23.2 Å². The van der Waals surface area contributed by atoms with Gasteiger partial charge in [-0.1, -0.05) is 0 Å². The van der Waals surface area contributed by atoms with Crippen LogP contribution in [0.25, 0.3) is 0 Å². The van der Waals surface area contributed by atoms with Gasteiger partial charge in [-0.3, -0.25) is 9.59 Å². The molecule has 6 nitrogen and oxygen atoms in total. The fraction of sp³-hybridized carbons (Fsp3) is 0.273. The van der Waals surface area contributed by atoms with E-state index in [1.807, 2.05) is 0 Å². The first-order valence-corrected chi connectivity index (χ1v) is 5.12. The summed E-state index contributed by atoms with van der Waals surface area (Å²) in [5.41, 5.74) is 6.64. The number of ether oxygens (including phenoxy) is 1. The van der Waals surface area contributed by atoms with E-state index in [4.69, 9.17) is 10.5 Å². The van der Waals surface area contributed by atoms with E-state index >= 15 is 0 Å². The first-order valence-electron chi connectivity index (χ1n) is 5.12. The van der Waals surface area contributed by atoms with Crippen LogP contribution in [-0.4, -0.2) is 25.0 Å². The molecular weight excluding hydrogens is 222 g/mol. The second-order valence-electron chi connectivity index (χ2n) is 3.79. The predicted molar refractivity (Wildman–Crippen MR) is 63.0 cm³/mol. The smallest absolute Gasteiger partial charge is 0.257 e. The fourth-order valence-electron chi connectivity index (χ4n) is 1.70. The van der Waals surface area contributed by atoms with Crippen molar-refractivity contribution in [2.75, 3.05) is 18.2 Å². The number of fused-ring (bicyclic) bond motifs is 1. The average Bonchev–Trinajstić information content (AvgIpc) is 2.40. The third-order valence-corrected chi connectivity index (χ3v) is 2.64. The van der Waals surface area contributed by atoms with Crippen molar-refractivity contribution in [2.24, 2.45) is 0 Å². The van der Waals surface area contributed by atoms with E-state index < -0.39 is 6.04 Å². The number of nitrogens with one attached hydrogen (secondary N) is 2. The third-order valence-electron chi connectivity index (χ3n) is 2.64. The number of amides is 2. The molecule has 0 radical (unpaired) electrons. The molecule has 0 fully saturated rings. The highest BCUT2D eigenvalue weighted by Crippen LogP contribution is 2.33. The second kappa shape index (κ2) is 3.97. The number of methoxy groups -OCH3 is 1. The molecule has 2 rings (SSSR count). The first-order chi connectivity index (χ1) is 8.04. The summed E-state index contributed by atoms with van der Waals surface area (Å²) in [6.45, 7) is 1.60. The van der Waals surface area contributed by atoms with Crippen LogP contribution in [0, 0.1) is 0 Å².